The first kappa shape index (κ1) is 15.3. The fourth-order valence-electron chi connectivity index (χ4n) is 1.36. The van der Waals surface area contributed by atoms with E-state index in [1.54, 1.807) is 26.0 Å². The number of carbonyl (C=O) groups excluding carboxylic acids is 2. The van der Waals surface area contributed by atoms with Crippen molar-refractivity contribution in [2.45, 2.75) is 20.8 Å². The molecular weight excluding hydrogens is 270 g/mol. The van der Waals surface area contributed by atoms with Crippen LogP contribution in [0, 0.1) is 13.8 Å². The highest BCUT2D eigenvalue weighted by Gasteiger charge is 2.11. The Balaban J connectivity index is 2.58. The molecule has 1 N–H and O–H groups in total. The zero-order chi connectivity index (χ0) is 14.4. The minimum Gasteiger partial charge on any atom is -0.465 e. The molecule has 0 aliphatic carbocycles. The average molecular weight is 286 g/mol. The van der Waals surface area contributed by atoms with Gasteiger partial charge >= 0.3 is 12.1 Å². The maximum atomic E-state index is 11.5. The monoisotopic (exact) mass is 285 g/mol. The van der Waals surface area contributed by atoms with Crippen molar-refractivity contribution in [3.8, 4) is 5.75 Å². The van der Waals surface area contributed by atoms with E-state index in [9.17, 15) is 9.59 Å². The molecule has 1 rings (SSSR count). The van der Waals surface area contributed by atoms with Gasteiger partial charge in [-0.25, -0.2) is 4.79 Å². The summed E-state index contributed by atoms with van der Waals surface area (Å²) in [6.07, 6.45) is -0.710. The predicted molar refractivity (Wildman–Crippen MR) is 71.6 cm³/mol. The predicted octanol–water partition coefficient (Wildman–Crippen LogP) is 2.61. The third-order valence-corrected chi connectivity index (χ3v) is 2.75. The van der Waals surface area contributed by atoms with Crippen molar-refractivity contribution < 1.29 is 19.1 Å². The molecule has 1 aromatic rings. The van der Waals surface area contributed by atoms with E-state index in [0.29, 0.717) is 10.8 Å². The van der Waals surface area contributed by atoms with Crippen molar-refractivity contribution >= 4 is 23.7 Å². The zero-order valence-corrected chi connectivity index (χ0v) is 11.8. The Morgan fingerprint density at radius 3 is 2.58 bits per heavy atom. The van der Waals surface area contributed by atoms with Gasteiger partial charge in [-0.05, 0) is 44.0 Å². The van der Waals surface area contributed by atoms with Gasteiger partial charge in [-0.15, -0.1) is 0 Å². The summed E-state index contributed by atoms with van der Waals surface area (Å²) < 4.78 is 9.77. The van der Waals surface area contributed by atoms with E-state index in [4.69, 9.17) is 16.3 Å². The quantitative estimate of drug-likeness (QED) is 0.864. The van der Waals surface area contributed by atoms with E-state index in [-0.39, 0.29) is 13.2 Å². The van der Waals surface area contributed by atoms with Crippen LogP contribution < -0.4 is 10.1 Å². The molecule has 104 valence electrons. The lowest BCUT2D eigenvalue weighted by Gasteiger charge is -2.10. The molecule has 5 nitrogen and oxygen atoms in total. The minimum atomic E-state index is -0.710. The molecule has 0 aliphatic rings. The van der Waals surface area contributed by atoms with E-state index in [0.717, 1.165) is 11.1 Å². The van der Waals surface area contributed by atoms with Crippen LogP contribution in [0.1, 0.15) is 18.1 Å². The minimum absolute atomic E-state index is 0.224. The third-order valence-electron chi connectivity index (χ3n) is 2.34. The van der Waals surface area contributed by atoms with Crippen LogP contribution in [0.15, 0.2) is 12.1 Å². The van der Waals surface area contributed by atoms with Crippen LogP contribution in [0.4, 0.5) is 4.79 Å². The van der Waals surface area contributed by atoms with Crippen LogP contribution >= 0.6 is 11.6 Å². The second kappa shape index (κ2) is 6.99. The third kappa shape index (κ3) is 4.79. The molecule has 0 bridgehead atoms. The molecule has 6 heteroatoms. The Bertz CT molecular complexity index is 488. The maximum Gasteiger partial charge on any atom is 0.413 e. The second-order valence-electron chi connectivity index (χ2n) is 3.91. The molecule has 0 radical (unpaired) electrons. The van der Waals surface area contributed by atoms with Gasteiger partial charge in [0, 0.05) is 5.02 Å². The Hall–Kier alpha value is -1.75. The fraction of sp³-hybridized carbons (Fsp3) is 0.385. The van der Waals surface area contributed by atoms with Crippen LogP contribution in [0.25, 0.3) is 0 Å². The lowest BCUT2D eigenvalue weighted by atomic mass is 10.1. The van der Waals surface area contributed by atoms with Crippen LogP contribution in [0.3, 0.4) is 0 Å². The van der Waals surface area contributed by atoms with Crippen molar-refractivity contribution in [3.05, 3.63) is 28.3 Å². The van der Waals surface area contributed by atoms with Crippen molar-refractivity contribution in [3.63, 3.8) is 0 Å². The molecule has 0 atom stereocenters. The SMILES string of the molecule is CCOC(=O)CNC(=O)Oc1cc(C)c(Cl)cc1C. The Morgan fingerprint density at radius 1 is 1.26 bits per heavy atom. The lowest BCUT2D eigenvalue weighted by Crippen LogP contribution is -2.33. The number of ether oxygens (including phenoxy) is 2. The van der Waals surface area contributed by atoms with Crippen LogP contribution in [-0.4, -0.2) is 25.2 Å². The van der Waals surface area contributed by atoms with E-state index >= 15 is 0 Å². The molecule has 0 aliphatic heterocycles. The van der Waals surface area contributed by atoms with E-state index < -0.39 is 12.1 Å². The van der Waals surface area contributed by atoms with Crippen LogP contribution in [0.2, 0.25) is 5.02 Å². The van der Waals surface area contributed by atoms with Gasteiger partial charge in [-0.2, -0.15) is 0 Å². The first-order valence-electron chi connectivity index (χ1n) is 5.82. The number of carbonyl (C=O) groups is 2. The van der Waals surface area contributed by atoms with Gasteiger partial charge in [0.25, 0.3) is 0 Å². The van der Waals surface area contributed by atoms with E-state index in [1.807, 2.05) is 6.92 Å². The number of benzene rings is 1. The summed E-state index contributed by atoms with van der Waals surface area (Å²) in [5.41, 5.74) is 1.54. The molecule has 0 aromatic heterocycles. The number of esters is 1. The van der Waals surface area contributed by atoms with Crippen molar-refractivity contribution in [1.82, 2.24) is 5.32 Å². The second-order valence-corrected chi connectivity index (χ2v) is 4.32. The molecule has 0 saturated heterocycles. The molecule has 19 heavy (non-hydrogen) atoms. The van der Waals surface area contributed by atoms with Crippen molar-refractivity contribution in [1.29, 1.82) is 0 Å². The molecule has 0 spiro atoms. The highest BCUT2D eigenvalue weighted by atomic mass is 35.5. The zero-order valence-electron chi connectivity index (χ0n) is 11.1. The molecule has 0 heterocycles. The van der Waals surface area contributed by atoms with Gasteiger partial charge in [0.15, 0.2) is 0 Å². The smallest absolute Gasteiger partial charge is 0.413 e. The molecular formula is C13H16ClNO4. The number of rotatable bonds is 4. The highest BCUT2D eigenvalue weighted by Crippen LogP contribution is 2.25. The summed E-state index contributed by atoms with van der Waals surface area (Å²) in [5.74, 6) is -0.105. The number of hydrogen-bond donors (Lipinski definition) is 1. The summed E-state index contributed by atoms with van der Waals surface area (Å²) in [6, 6.07) is 3.38. The Labute approximate surface area is 116 Å². The maximum absolute atomic E-state index is 11.5. The molecule has 0 unspecified atom stereocenters. The van der Waals surface area contributed by atoms with Gasteiger partial charge in [-0.1, -0.05) is 11.6 Å². The number of amides is 1. The number of aryl methyl sites for hydroxylation is 2. The normalized spacial score (nSPS) is 9.89. The van der Waals surface area contributed by atoms with Gasteiger partial charge in [0.1, 0.15) is 12.3 Å². The first-order chi connectivity index (χ1) is 8.93. The number of nitrogens with one attached hydrogen (secondary N) is 1. The average Bonchev–Trinajstić information content (AvgIpc) is 2.34. The largest absolute Gasteiger partial charge is 0.465 e. The number of halogens is 1. The lowest BCUT2D eigenvalue weighted by molar-refractivity contribution is -0.141. The summed E-state index contributed by atoms with van der Waals surface area (Å²) >= 11 is 5.94. The standard InChI is InChI=1S/C13H16ClNO4/c1-4-18-12(16)7-15-13(17)19-11-6-8(2)10(14)5-9(11)3/h5-6H,4,7H2,1-3H3,(H,15,17). The van der Waals surface area contributed by atoms with Gasteiger partial charge in [-0.3, -0.25) is 4.79 Å². The van der Waals surface area contributed by atoms with Crippen LogP contribution in [0.5, 0.6) is 5.75 Å². The molecule has 1 amide bonds. The van der Waals surface area contributed by atoms with Gasteiger partial charge in [0.05, 0.1) is 6.61 Å². The first-order valence-corrected chi connectivity index (χ1v) is 6.20. The summed E-state index contributed by atoms with van der Waals surface area (Å²) in [7, 11) is 0. The van der Waals surface area contributed by atoms with E-state index in [1.165, 1.54) is 0 Å². The topological polar surface area (TPSA) is 64.6 Å². The Morgan fingerprint density at radius 2 is 1.95 bits per heavy atom. The number of hydrogen-bond acceptors (Lipinski definition) is 4. The van der Waals surface area contributed by atoms with Gasteiger partial charge in [0.2, 0.25) is 0 Å². The van der Waals surface area contributed by atoms with Crippen molar-refractivity contribution in [2.75, 3.05) is 13.2 Å². The van der Waals surface area contributed by atoms with Crippen molar-refractivity contribution in [2.24, 2.45) is 0 Å². The molecule has 0 fully saturated rings. The highest BCUT2D eigenvalue weighted by molar-refractivity contribution is 6.31. The summed E-state index contributed by atoms with van der Waals surface area (Å²) in [4.78, 5) is 22.6. The summed E-state index contributed by atoms with van der Waals surface area (Å²) in [5, 5.41) is 2.92. The van der Waals surface area contributed by atoms with Gasteiger partial charge < -0.3 is 14.8 Å². The summed E-state index contributed by atoms with van der Waals surface area (Å²) in [6.45, 7) is 5.32. The fourth-order valence-corrected chi connectivity index (χ4v) is 1.57. The Kier molecular flexibility index (Phi) is 5.63. The van der Waals surface area contributed by atoms with E-state index in [2.05, 4.69) is 10.1 Å². The molecule has 0 saturated carbocycles. The molecule has 1 aromatic carbocycles. The van der Waals surface area contributed by atoms with Crippen LogP contribution in [-0.2, 0) is 9.53 Å².